The highest BCUT2D eigenvalue weighted by atomic mass is 32.2. The molecule has 0 aliphatic carbocycles. The maximum absolute atomic E-state index is 13.1. The molecule has 162 valence electrons. The van der Waals surface area contributed by atoms with Crippen LogP contribution >= 0.6 is 0 Å². The number of carboxylic acid groups (broad SMARTS) is 1. The predicted molar refractivity (Wildman–Crippen MR) is 110 cm³/mol. The highest BCUT2D eigenvalue weighted by molar-refractivity contribution is 7.92. The van der Waals surface area contributed by atoms with Gasteiger partial charge in [-0.25, -0.2) is 21.6 Å². The van der Waals surface area contributed by atoms with Crippen molar-refractivity contribution in [2.45, 2.75) is 29.1 Å². The maximum atomic E-state index is 13.1. The Balaban J connectivity index is 1.93. The average molecular weight is 455 g/mol. The third-order valence-electron chi connectivity index (χ3n) is 4.76. The largest absolute Gasteiger partial charge is 0.495 e. The van der Waals surface area contributed by atoms with E-state index in [1.54, 1.807) is 0 Å². The van der Waals surface area contributed by atoms with Gasteiger partial charge in [-0.15, -0.1) is 0 Å². The van der Waals surface area contributed by atoms with E-state index < -0.39 is 26.0 Å². The minimum absolute atomic E-state index is 0.0479. The van der Waals surface area contributed by atoms with Crippen LogP contribution in [0, 0.1) is 0 Å². The molecular formula is C19H22N2O7S2. The lowest BCUT2D eigenvalue weighted by atomic mass is 10.2. The standard InChI is InChI=1S/C19H22N2O7S2/c1-28-17-10-7-15(13-18(17)30(26,27)21-11-3-2-4-12-21)20-29(24,25)16-8-5-14(6-9-16)19(22)23/h5-10,13,20H,2-4,11-12H2,1H3,(H,22,23). The fourth-order valence-electron chi connectivity index (χ4n) is 3.18. The van der Waals surface area contributed by atoms with Crippen molar-refractivity contribution in [3.63, 3.8) is 0 Å². The van der Waals surface area contributed by atoms with Gasteiger partial charge in [-0.2, -0.15) is 4.31 Å². The molecule has 0 atom stereocenters. The van der Waals surface area contributed by atoms with Gasteiger partial charge in [0.05, 0.1) is 23.3 Å². The molecule has 1 heterocycles. The molecule has 0 saturated carbocycles. The topological polar surface area (TPSA) is 130 Å². The Morgan fingerprint density at radius 2 is 1.63 bits per heavy atom. The van der Waals surface area contributed by atoms with Crippen molar-refractivity contribution in [3.05, 3.63) is 48.0 Å². The minimum atomic E-state index is -4.05. The number of sulfonamides is 2. The number of hydrogen-bond acceptors (Lipinski definition) is 6. The van der Waals surface area contributed by atoms with Gasteiger partial charge in [0.2, 0.25) is 10.0 Å². The van der Waals surface area contributed by atoms with E-state index in [1.807, 2.05) is 0 Å². The second-order valence-electron chi connectivity index (χ2n) is 6.77. The van der Waals surface area contributed by atoms with E-state index in [-0.39, 0.29) is 26.8 Å². The van der Waals surface area contributed by atoms with Gasteiger partial charge in [0.1, 0.15) is 10.6 Å². The number of methoxy groups -OCH3 is 1. The number of anilines is 1. The molecule has 0 bridgehead atoms. The lowest BCUT2D eigenvalue weighted by Crippen LogP contribution is -2.35. The number of ether oxygens (including phenoxy) is 1. The van der Waals surface area contributed by atoms with Crippen molar-refractivity contribution >= 4 is 31.7 Å². The Morgan fingerprint density at radius 3 is 2.20 bits per heavy atom. The van der Waals surface area contributed by atoms with Crippen LogP contribution in [0.15, 0.2) is 52.3 Å². The molecule has 2 aromatic carbocycles. The van der Waals surface area contributed by atoms with Gasteiger partial charge in [0.25, 0.3) is 10.0 Å². The number of piperidine rings is 1. The fourth-order valence-corrected chi connectivity index (χ4v) is 5.92. The summed E-state index contributed by atoms with van der Waals surface area (Å²) < 4.78 is 60.3. The Labute approximate surface area is 175 Å². The first-order chi connectivity index (χ1) is 14.1. The molecule has 1 aliphatic rings. The zero-order valence-corrected chi connectivity index (χ0v) is 17.9. The molecule has 1 saturated heterocycles. The molecule has 2 N–H and O–H groups in total. The van der Waals surface area contributed by atoms with Gasteiger partial charge in [-0.3, -0.25) is 4.72 Å². The van der Waals surface area contributed by atoms with Gasteiger partial charge >= 0.3 is 5.97 Å². The van der Waals surface area contributed by atoms with E-state index >= 15 is 0 Å². The van der Waals surface area contributed by atoms with Gasteiger partial charge in [0, 0.05) is 13.1 Å². The van der Waals surface area contributed by atoms with E-state index in [9.17, 15) is 21.6 Å². The van der Waals surface area contributed by atoms with Crippen LogP contribution in [0.5, 0.6) is 5.75 Å². The predicted octanol–water partition coefficient (Wildman–Crippen LogP) is 2.37. The number of carboxylic acids is 1. The summed E-state index contributed by atoms with van der Waals surface area (Å²) in [6.45, 7) is 0.800. The average Bonchev–Trinajstić information content (AvgIpc) is 2.74. The summed E-state index contributed by atoms with van der Waals surface area (Å²) >= 11 is 0. The van der Waals surface area contributed by atoms with Crippen LogP contribution in [0.4, 0.5) is 5.69 Å². The molecule has 11 heteroatoms. The summed E-state index contributed by atoms with van der Waals surface area (Å²) in [5.41, 5.74) is 0.00186. The Morgan fingerprint density at radius 1 is 1.00 bits per heavy atom. The van der Waals surface area contributed by atoms with Crippen molar-refractivity contribution < 1.29 is 31.5 Å². The van der Waals surface area contributed by atoms with Crippen molar-refractivity contribution in [2.24, 2.45) is 0 Å². The first kappa shape index (κ1) is 22.1. The Kier molecular flexibility index (Phi) is 6.34. The van der Waals surface area contributed by atoms with E-state index in [2.05, 4.69) is 4.72 Å². The number of aromatic carboxylic acids is 1. The van der Waals surface area contributed by atoms with Gasteiger partial charge in [-0.05, 0) is 55.3 Å². The monoisotopic (exact) mass is 454 g/mol. The first-order valence-corrected chi connectivity index (χ1v) is 12.1. The summed E-state index contributed by atoms with van der Waals surface area (Å²) in [6, 6.07) is 8.71. The van der Waals surface area contributed by atoms with E-state index in [4.69, 9.17) is 9.84 Å². The van der Waals surface area contributed by atoms with Crippen molar-refractivity contribution in [3.8, 4) is 5.75 Å². The van der Waals surface area contributed by atoms with E-state index in [0.717, 1.165) is 19.3 Å². The lowest BCUT2D eigenvalue weighted by molar-refractivity contribution is 0.0696. The Hall–Kier alpha value is -2.63. The number of rotatable bonds is 7. The van der Waals surface area contributed by atoms with Crippen LogP contribution in [0.25, 0.3) is 0 Å². The molecule has 0 amide bonds. The molecule has 30 heavy (non-hydrogen) atoms. The highest BCUT2D eigenvalue weighted by Gasteiger charge is 2.29. The third-order valence-corrected chi connectivity index (χ3v) is 8.08. The van der Waals surface area contributed by atoms with Crippen molar-refractivity contribution in [1.29, 1.82) is 0 Å². The molecule has 0 unspecified atom stereocenters. The first-order valence-electron chi connectivity index (χ1n) is 9.19. The second kappa shape index (κ2) is 8.62. The second-order valence-corrected chi connectivity index (χ2v) is 10.4. The minimum Gasteiger partial charge on any atom is -0.495 e. The molecular weight excluding hydrogens is 432 g/mol. The quantitative estimate of drug-likeness (QED) is 0.657. The van der Waals surface area contributed by atoms with E-state index in [0.29, 0.717) is 13.1 Å². The molecule has 1 fully saturated rings. The molecule has 0 aromatic heterocycles. The fraction of sp³-hybridized carbons (Fsp3) is 0.316. The molecule has 0 radical (unpaired) electrons. The van der Waals surface area contributed by atoms with Crippen molar-refractivity contribution in [1.82, 2.24) is 4.31 Å². The zero-order chi connectivity index (χ0) is 21.9. The van der Waals surface area contributed by atoms with Crippen LogP contribution in [0.2, 0.25) is 0 Å². The summed E-state index contributed by atoms with van der Waals surface area (Å²) in [6.07, 6.45) is 2.49. The smallest absolute Gasteiger partial charge is 0.335 e. The van der Waals surface area contributed by atoms with Crippen LogP contribution in [0.1, 0.15) is 29.6 Å². The molecule has 9 nitrogen and oxygen atoms in total. The molecule has 3 rings (SSSR count). The number of benzene rings is 2. The van der Waals surface area contributed by atoms with Gasteiger partial charge in [-0.1, -0.05) is 6.42 Å². The normalized spacial score (nSPS) is 15.5. The third kappa shape index (κ3) is 4.58. The summed E-state index contributed by atoms with van der Waals surface area (Å²) in [5, 5.41) is 8.94. The Bertz CT molecular complexity index is 1140. The van der Waals surface area contributed by atoms with Crippen LogP contribution in [-0.4, -0.2) is 52.4 Å². The zero-order valence-electron chi connectivity index (χ0n) is 16.2. The highest BCUT2D eigenvalue weighted by Crippen LogP contribution is 2.32. The summed E-state index contributed by atoms with van der Waals surface area (Å²) in [5.74, 6) is -1.05. The molecule has 1 aliphatic heterocycles. The number of carbonyl (C=O) groups is 1. The SMILES string of the molecule is COc1ccc(NS(=O)(=O)c2ccc(C(=O)O)cc2)cc1S(=O)(=O)N1CCCCC1. The van der Waals surface area contributed by atoms with Crippen LogP contribution in [-0.2, 0) is 20.0 Å². The maximum Gasteiger partial charge on any atom is 0.335 e. The summed E-state index contributed by atoms with van der Waals surface area (Å²) in [7, 11) is -6.56. The summed E-state index contributed by atoms with van der Waals surface area (Å²) in [4.78, 5) is 10.7. The van der Waals surface area contributed by atoms with E-state index in [1.165, 1.54) is 53.9 Å². The number of nitrogens with one attached hydrogen (secondary N) is 1. The van der Waals surface area contributed by atoms with Crippen molar-refractivity contribution in [2.75, 3.05) is 24.9 Å². The van der Waals surface area contributed by atoms with Crippen LogP contribution in [0.3, 0.4) is 0 Å². The number of hydrogen-bond donors (Lipinski definition) is 2. The lowest BCUT2D eigenvalue weighted by Gasteiger charge is -2.26. The van der Waals surface area contributed by atoms with Gasteiger partial charge < -0.3 is 9.84 Å². The molecule has 2 aromatic rings. The van der Waals surface area contributed by atoms with Crippen LogP contribution < -0.4 is 9.46 Å². The molecule has 0 spiro atoms. The van der Waals surface area contributed by atoms with Gasteiger partial charge in [0.15, 0.2) is 0 Å². The number of nitrogens with zero attached hydrogens (tertiary/aromatic N) is 1.